The molecular formula is C14H13FN4. The summed E-state index contributed by atoms with van der Waals surface area (Å²) in [5.74, 6) is -0.270. The summed E-state index contributed by atoms with van der Waals surface area (Å²) in [6.07, 6.45) is 5.56. The monoisotopic (exact) mass is 256 g/mol. The lowest BCUT2D eigenvalue weighted by Gasteiger charge is -2.00. The normalized spacial score (nSPS) is 10.9. The van der Waals surface area contributed by atoms with E-state index in [4.69, 9.17) is 0 Å². The van der Waals surface area contributed by atoms with Crippen LogP contribution in [0.3, 0.4) is 0 Å². The zero-order valence-electron chi connectivity index (χ0n) is 10.7. The smallest absolute Gasteiger partial charge is 0.125 e. The van der Waals surface area contributed by atoms with Crippen molar-refractivity contribution in [1.29, 1.82) is 0 Å². The molecular weight excluding hydrogens is 243 g/mol. The number of aryl methyl sites for hydroxylation is 2. The topological polar surface area (TPSA) is 35.6 Å². The predicted molar refractivity (Wildman–Crippen MR) is 70.5 cm³/mol. The molecule has 0 unspecified atom stereocenters. The first-order valence-corrected chi connectivity index (χ1v) is 5.95. The van der Waals surface area contributed by atoms with Crippen molar-refractivity contribution in [1.82, 2.24) is 19.6 Å². The Morgan fingerprint density at radius 2 is 2.05 bits per heavy atom. The van der Waals surface area contributed by atoms with Gasteiger partial charge in [-0.2, -0.15) is 10.2 Å². The van der Waals surface area contributed by atoms with E-state index in [1.807, 2.05) is 32.4 Å². The van der Waals surface area contributed by atoms with Gasteiger partial charge in [0.15, 0.2) is 0 Å². The Kier molecular flexibility index (Phi) is 2.67. The first kappa shape index (κ1) is 11.6. The fraction of sp³-hybridized carbons (Fsp3) is 0.143. The molecule has 0 N–H and O–H groups in total. The van der Waals surface area contributed by atoms with Gasteiger partial charge < -0.3 is 0 Å². The molecule has 0 fully saturated rings. The molecule has 0 atom stereocenters. The molecule has 0 saturated heterocycles. The minimum atomic E-state index is -0.270. The second kappa shape index (κ2) is 4.35. The van der Waals surface area contributed by atoms with Gasteiger partial charge in [0.25, 0.3) is 0 Å². The van der Waals surface area contributed by atoms with Crippen molar-refractivity contribution in [2.45, 2.75) is 6.92 Å². The summed E-state index contributed by atoms with van der Waals surface area (Å²) in [4.78, 5) is 0. The first-order chi connectivity index (χ1) is 9.13. The van der Waals surface area contributed by atoms with Gasteiger partial charge in [-0.15, -0.1) is 0 Å². The number of benzene rings is 1. The van der Waals surface area contributed by atoms with Crippen LogP contribution in [-0.2, 0) is 7.05 Å². The molecule has 0 aliphatic rings. The molecule has 3 rings (SSSR count). The molecule has 4 nitrogen and oxygen atoms in total. The first-order valence-electron chi connectivity index (χ1n) is 5.95. The lowest BCUT2D eigenvalue weighted by molar-refractivity contribution is 0.625. The second-order valence-corrected chi connectivity index (χ2v) is 4.49. The molecule has 0 amide bonds. The maximum absolute atomic E-state index is 13.2. The molecule has 1 aromatic carbocycles. The summed E-state index contributed by atoms with van der Waals surface area (Å²) in [5.41, 5.74) is 3.54. The van der Waals surface area contributed by atoms with Crippen molar-refractivity contribution in [2.75, 3.05) is 0 Å². The van der Waals surface area contributed by atoms with Gasteiger partial charge in [-0.25, -0.2) is 9.07 Å². The van der Waals surface area contributed by atoms with Crippen LogP contribution in [0.4, 0.5) is 4.39 Å². The van der Waals surface area contributed by atoms with Crippen LogP contribution < -0.4 is 0 Å². The van der Waals surface area contributed by atoms with Crippen LogP contribution in [0.15, 0.2) is 42.9 Å². The van der Waals surface area contributed by atoms with E-state index in [-0.39, 0.29) is 5.82 Å². The van der Waals surface area contributed by atoms with E-state index < -0.39 is 0 Å². The summed E-state index contributed by atoms with van der Waals surface area (Å²) < 4.78 is 16.6. The van der Waals surface area contributed by atoms with Crippen molar-refractivity contribution in [3.8, 4) is 16.9 Å². The highest BCUT2D eigenvalue weighted by molar-refractivity contribution is 5.61. The van der Waals surface area contributed by atoms with E-state index >= 15 is 0 Å². The maximum atomic E-state index is 13.2. The zero-order chi connectivity index (χ0) is 13.4. The van der Waals surface area contributed by atoms with Gasteiger partial charge in [-0.3, -0.25) is 4.68 Å². The molecule has 19 heavy (non-hydrogen) atoms. The van der Waals surface area contributed by atoms with Crippen LogP contribution in [0.25, 0.3) is 16.9 Å². The molecule has 5 heteroatoms. The van der Waals surface area contributed by atoms with E-state index in [1.165, 1.54) is 12.1 Å². The van der Waals surface area contributed by atoms with E-state index in [0.29, 0.717) is 5.69 Å². The molecule has 2 aromatic heterocycles. The summed E-state index contributed by atoms with van der Waals surface area (Å²) in [6, 6.07) is 6.37. The molecule has 0 saturated carbocycles. The average molecular weight is 256 g/mol. The van der Waals surface area contributed by atoms with Gasteiger partial charge in [0.05, 0.1) is 17.6 Å². The Labute approximate surface area is 110 Å². The Balaban J connectivity index is 2.06. The molecule has 0 aliphatic heterocycles. The lowest BCUT2D eigenvalue weighted by atomic mass is 10.2. The highest BCUT2D eigenvalue weighted by Crippen LogP contribution is 2.22. The van der Waals surface area contributed by atoms with E-state index in [0.717, 1.165) is 16.8 Å². The summed E-state index contributed by atoms with van der Waals surface area (Å²) in [6.45, 7) is 1.98. The minimum Gasteiger partial charge on any atom is -0.275 e. The number of rotatable bonds is 2. The van der Waals surface area contributed by atoms with Crippen molar-refractivity contribution >= 4 is 0 Å². The van der Waals surface area contributed by atoms with Crippen molar-refractivity contribution < 1.29 is 4.39 Å². The largest absolute Gasteiger partial charge is 0.275 e. The minimum absolute atomic E-state index is 0.270. The van der Waals surface area contributed by atoms with Crippen LogP contribution in [0.1, 0.15) is 5.56 Å². The third-order valence-corrected chi connectivity index (χ3v) is 2.95. The van der Waals surface area contributed by atoms with Gasteiger partial charge in [-0.05, 0) is 30.7 Å². The Hall–Kier alpha value is -2.43. The van der Waals surface area contributed by atoms with Crippen LogP contribution in [0.5, 0.6) is 0 Å². The van der Waals surface area contributed by atoms with Crippen molar-refractivity contribution in [3.05, 3.63) is 54.2 Å². The SMILES string of the molecule is Cc1cn(-c2cccc(F)c2)nc1-c1cnn(C)c1. The fourth-order valence-electron chi connectivity index (χ4n) is 2.04. The summed E-state index contributed by atoms with van der Waals surface area (Å²) >= 11 is 0. The summed E-state index contributed by atoms with van der Waals surface area (Å²) in [7, 11) is 1.86. The van der Waals surface area contributed by atoms with Gasteiger partial charge in [0.1, 0.15) is 5.82 Å². The molecule has 0 aliphatic carbocycles. The van der Waals surface area contributed by atoms with Crippen LogP contribution in [0, 0.1) is 12.7 Å². The van der Waals surface area contributed by atoms with E-state index in [1.54, 1.807) is 21.6 Å². The predicted octanol–water partition coefficient (Wildman–Crippen LogP) is 2.72. The third kappa shape index (κ3) is 2.14. The van der Waals surface area contributed by atoms with Crippen LogP contribution >= 0.6 is 0 Å². The van der Waals surface area contributed by atoms with Crippen LogP contribution in [0.2, 0.25) is 0 Å². The Morgan fingerprint density at radius 3 is 2.74 bits per heavy atom. The van der Waals surface area contributed by atoms with Gasteiger partial charge in [0.2, 0.25) is 0 Å². The average Bonchev–Trinajstić information content (AvgIpc) is 2.95. The molecule has 3 aromatic rings. The molecule has 0 spiro atoms. The van der Waals surface area contributed by atoms with E-state index in [9.17, 15) is 4.39 Å². The van der Waals surface area contributed by atoms with Crippen molar-refractivity contribution in [3.63, 3.8) is 0 Å². The molecule has 0 radical (unpaired) electrons. The second-order valence-electron chi connectivity index (χ2n) is 4.49. The quantitative estimate of drug-likeness (QED) is 0.706. The lowest BCUT2D eigenvalue weighted by Crippen LogP contribution is -1.95. The number of nitrogens with zero attached hydrogens (tertiary/aromatic N) is 4. The van der Waals surface area contributed by atoms with Crippen molar-refractivity contribution in [2.24, 2.45) is 7.05 Å². The number of halogens is 1. The molecule has 2 heterocycles. The fourth-order valence-corrected chi connectivity index (χ4v) is 2.04. The highest BCUT2D eigenvalue weighted by atomic mass is 19.1. The Morgan fingerprint density at radius 1 is 1.21 bits per heavy atom. The molecule has 96 valence electrons. The Bertz CT molecular complexity index is 727. The standard InChI is InChI=1S/C14H13FN4/c1-10-8-19(13-5-3-4-12(15)6-13)17-14(10)11-7-16-18(2)9-11/h3-9H,1-2H3. The van der Waals surface area contributed by atoms with Gasteiger partial charge in [-0.1, -0.05) is 6.07 Å². The van der Waals surface area contributed by atoms with Gasteiger partial charge >= 0.3 is 0 Å². The van der Waals surface area contributed by atoms with E-state index in [2.05, 4.69) is 10.2 Å². The summed E-state index contributed by atoms with van der Waals surface area (Å²) in [5, 5.41) is 8.64. The zero-order valence-corrected chi connectivity index (χ0v) is 10.7. The number of hydrogen-bond donors (Lipinski definition) is 0. The maximum Gasteiger partial charge on any atom is 0.125 e. The number of aromatic nitrogens is 4. The van der Waals surface area contributed by atoms with Crippen LogP contribution in [-0.4, -0.2) is 19.6 Å². The third-order valence-electron chi connectivity index (χ3n) is 2.95. The molecule has 0 bridgehead atoms. The number of hydrogen-bond acceptors (Lipinski definition) is 2. The highest BCUT2D eigenvalue weighted by Gasteiger charge is 2.10. The van der Waals surface area contributed by atoms with Gasteiger partial charge in [0, 0.05) is 25.0 Å².